The Hall–Kier alpha value is -3.27. The molecule has 0 atom stereocenters. The number of thiazole rings is 1. The van der Waals surface area contributed by atoms with Crippen LogP contribution in [-0.4, -0.2) is 33.3 Å². The van der Waals surface area contributed by atoms with Gasteiger partial charge in [-0.25, -0.2) is 4.79 Å². The summed E-state index contributed by atoms with van der Waals surface area (Å²) in [5.74, 6) is -0.112. The number of alkyl halides is 2. The molecule has 2 amide bonds. The van der Waals surface area contributed by atoms with Crippen LogP contribution >= 0.6 is 11.3 Å². The minimum atomic E-state index is -3.69. The first-order chi connectivity index (χ1) is 14.3. The number of rotatable bonds is 4. The number of hydrogen-bond donors (Lipinski definition) is 0. The van der Waals surface area contributed by atoms with E-state index in [4.69, 9.17) is 0 Å². The van der Waals surface area contributed by atoms with Crippen LogP contribution in [0.4, 0.5) is 13.6 Å². The van der Waals surface area contributed by atoms with Gasteiger partial charge in [0, 0.05) is 42.6 Å². The van der Waals surface area contributed by atoms with Crippen LogP contribution in [0.3, 0.4) is 0 Å². The molecule has 1 aromatic carbocycles. The molecule has 0 aliphatic carbocycles. The molecule has 0 unspecified atom stereocenters. The average molecular weight is 432 g/mol. The molecule has 156 valence electrons. The van der Waals surface area contributed by atoms with E-state index in [1.165, 1.54) is 23.5 Å². The molecule has 1 aliphatic heterocycles. The number of amides is 2. The number of aryl methyl sites for hydroxylation is 1. The minimum absolute atomic E-state index is 0.0413. The molecule has 3 aromatic rings. The van der Waals surface area contributed by atoms with E-state index in [0.717, 1.165) is 10.4 Å². The van der Waals surface area contributed by atoms with Gasteiger partial charge in [-0.2, -0.15) is 4.99 Å². The second kappa shape index (κ2) is 7.86. The van der Waals surface area contributed by atoms with Crippen molar-refractivity contribution >= 4 is 17.4 Å². The third-order valence-electron chi connectivity index (χ3n) is 4.40. The predicted octanol–water partition coefficient (Wildman–Crippen LogP) is 4.11. The van der Waals surface area contributed by atoms with Gasteiger partial charge in [-0.1, -0.05) is 0 Å². The van der Waals surface area contributed by atoms with Crippen LogP contribution in [0.25, 0.3) is 5.69 Å². The molecule has 0 N–H and O–H groups in total. The molecule has 0 saturated heterocycles. The Balaban J connectivity index is 1.65. The van der Waals surface area contributed by atoms with Crippen molar-refractivity contribution < 1.29 is 23.0 Å². The molecule has 0 saturated carbocycles. The van der Waals surface area contributed by atoms with Crippen LogP contribution in [0.2, 0.25) is 0 Å². The Kier molecular flexibility index (Phi) is 5.25. The standard InChI is InChI=1S/C20H18F2N4O3S/c1-3-25(12-14-6-8-23-9-7-14)18(27)24-19-26(11-13(2)30-19)15-4-5-16-17(10-15)29-20(21,22)28-16/h4-11H,3,12H2,1-2H3/b24-19-. The molecule has 0 fully saturated rings. The minimum Gasteiger partial charge on any atom is -0.395 e. The van der Waals surface area contributed by atoms with Crippen molar-refractivity contribution in [3.63, 3.8) is 0 Å². The van der Waals surface area contributed by atoms with Gasteiger partial charge < -0.3 is 14.4 Å². The lowest BCUT2D eigenvalue weighted by Crippen LogP contribution is -2.29. The van der Waals surface area contributed by atoms with Crippen molar-refractivity contribution in [3.05, 3.63) is 64.2 Å². The van der Waals surface area contributed by atoms with Crippen molar-refractivity contribution in [2.75, 3.05) is 6.54 Å². The molecular weight excluding hydrogens is 414 g/mol. The van der Waals surface area contributed by atoms with Crippen molar-refractivity contribution in [1.82, 2.24) is 14.5 Å². The van der Waals surface area contributed by atoms with Crippen LogP contribution in [0.5, 0.6) is 11.5 Å². The number of ether oxygens (including phenoxy) is 2. The molecule has 0 spiro atoms. The largest absolute Gasteiger partial charge is 0.586 e. The number of pyridine rings is 1. The molecule has 3 heterocycles. The van der Waals surface area contributed by atoms with Gasteiger partial charge in [0.1, 0.15) is 0 Å². The number of halogens is 2. The van der Waals surface area contributed by atoms with Crippen LogP contribution in [0.1, 0.15) is 17.4 Å². The van der Waals surface area contributed by atoms with E-state index in [2.05, 4.69) is 19.5 Å². The average Bonchev–Trinajstić information content (AvgIpc) is 3.23. The Morgan fingerprint density at radius 2 is 1.97 bits per heavy atom. The van der Waals surface area contributed by atoms with Crippen LogP contribution in [-0.2, 0) is 6.54 Å². The topological polar surface area (TPSA) is 69.0 Å². The highest BCUT2D eigenvalue weighted by molar-refractivity contribution is 7.09. The SMILES string of the molecule is CCN(Cc1ccncc1)C(=O)/N=c1\sc(C)cn1-c1ccc2c(c1)OC(F)(F)O2. The van der Waals surface area contributed by atoms with Crippen LogP contribution in [0.15, 0.2) is 53.9 Å². The second-order valence-electron chi connectivity index (χ2n) is 6.56. The maximum absolute atomic E-state index is 13.3. The van der Waals surface area contributed by atoms with E-state index >= 15 is 0 Å². The van der Waals surface area contributed by atoms with Crippen LogP contribution in [0, 0.1) is 6.92 Å². The molecule has 1 aliphatic rings. The highest BCUT2D eigenvalue weighted by Crippen LogP contribution is 2.41. The molecule has 0 radical (unpaired) electrons. The van der Waals surface area contributed by atoms with Crippen molar-refractivity contribution in [2.24, 2.45) is 4.99 Å². The zero-order chi connectivity index (χ0) is 21.3. The van der Waals surface area contributed by atoms with E-state index < -0.39 is 12.3 Å². The fourth-order valence-electron chi connectivity index (χ4n) is 2.98. The summed E-state index contributed by atoms with van der Waals surface area (Å²) in [5, 5.41) is 0. The lowest BCUT2D eigenvalue weighted by molar-refractivity contribution is -0.286. The number of urea groups is 1. The summed E-state index contributed by atoms with van der Waals surface area (Å²) in [4.78, 5) is 24.0. The molecule has 30 heavy (non-hydrogen) atoms. The van der Waals surface area contributed by atoms with E-state index in [1.807, 2.05) is 26.0 Å². The summed E-state index contributed by atoms with van der Waals surface area (Å²) in [5.41, 5.74) is 1.48. The molecule has 0 bridgehead atoms. The van der Waals surface area contributed by atoms with Gasteiger partial charge in [-0.05, 0) is 43.7 Å². The van der Waals surface area contributed by atoms with Gasteiger partial charge in [0.15, 0.2) is 16.3 Å². The molecule has 10 heteroatoms. The van der Waals surface area contributed by atoms with Gasteiger partial charge in [0.05, 0.1) is 5.69 Å². The Labute approximate surface area is 174 Å². The van der Waals surface area contributed by atoms with Crippen LogP contribution < -0.4 is 14.3 Å². The fourth-order valence-corrected chi connectivity index (χ4v) is 3.81. The predicted molar refractivity (Wildman–Crippen MR) is 106 cm³/mol. The number of carbonyl (C=O) groups is 1. The Morgan fingerprint density at radius 1 is 1.23 bits per heavy atom. The van der Waals surface area contributed by atoms with E-state index in [9.17, 15) is 13.6 Å². The number of aromatic nitrogens is 2. The lowest BCUT2D eigenvalue weighted by Gasteiger charge is -2.18. The van der Waals surface area contributed by atoms with Crippen molar-refractivity contribution in [1.29, 1.82) is 0 Å². The number of nitrogens with zero attached hydrogens (tertiary/aromatic N) is 4. The van der Waals surface area contributed by atoms with E-state index in [0.29, 0.717) is 23.6 Å². The first-order valence-corrected chi connectivity index (χ1v) is 9.98. The summed E-state index contributed by atoms with van der Waals surface area (Å²) in [6.07, 6.45) is 1.44. The summed E-state index contributed by atoms with van der Waals surface area (Å²) in [6, 6.07) is 7.73. The zero-order valence-electron chi connectivity index (χ0n) is 16.2. The van der Waals surface area contributed by atoms with Crippen molar-refractivity contribution in [2.45, 2.75) is 26.7 Å². The molecular formula is C20H18F2N4O3S. The highest BCUT2D eigenvalue weighted by atomic mass is 32.1. The Morgan fingerprint density at radius 3 is 2.70 bits per heavy atom. The van der Waals surface area contributed by atoms with Gasteiger partial charge >= 0.3 is 12.3 Å². The quantitative estimate of drug-likeness (QED) is 0.622. The smallest absolute Gasteiger partial charge is 0.395 e. The number of carbonyl (C=O) groups excluding carboxylic acids is 1. The number of hydrogen-bond acceptors (Lipinski definition) is 5. The Bertz CT molecular complexity index is 1140. The highest BCUT2D eigenvalue weighted by Gasteiger charge is 2.43. The molecule has 7 nitrogen and oxygen atoms in total. The zero-order valence-corrected chi connectivity index (χ0v) is 17.0. The third kappa shape index (κ3) is 4.18. The third-order valence-corrected chi connectivity index (χ3v) is 5.30. The van der Waals surface area contributed by atoms with Gasteiger partial charge in [0.25, 0.3) is 0 Å². The normalized spacial score (nSPS) is 14.7. The maximum atomic E-state index is 13.3. The summed E-state index contributed by atoms with van der Waals surface area (Å²) < 4.78 is 37.3. The summed E-state index contributed by atoms with van der Waals surface area (Å²) >= 11 is 1.32. The number of benzene rings is 1. The second-order valence-corrected chi connectivity index (χ2v) is 7.77. The molecule has 4 rings (SSSR count). The number of fused-ring (bicyclic) bond motifs is 1. The lowest BCUT2D eigenvalue weighted by atomic mass is 10.2. The van der Waals surface area contributed by atoms with Gasteiger partial charge in [0.2, 0.25) is 0 Å². The maximum Gasteiger partial charge on any atom is 0.586 e. The molecule has 2 aromatic heterocycles. The summed E-state index contributed by atoms with van der Waals surface area (Å²) in [6.45, 7) is 4.64. The van der Waals surface area contributed by atoms with Gasteiger partial charge in [-0.15, -0.1) is 20.1 Å². The first-order valence-electron chi connectivity index (χ1n) is 9.16. The van der Waals surface area contributed by atoms with Gasteiger partial charge in [-0.3, -0.25) is 9.55 Å². The summed E-state index contributed by atoms with van der Waals surface area (Å²) in [7, 11) is 0. The van der Waals surface area contributed by atoms with Crippen molar-refractivity contribution in [3.8, 4) is 17.2 Å². The fraction of sp³-hybridized carbons (Fsp3) is 0.250. The van der Waals surface area contributed by atoms with E-state index in [-0.39, 0.29) is 11.5 Å². The first kappa shape index (κ1) is 20.0. The van der Waals surface area contributed by atoms with E-state index in [1.54, 1.807) is 34.1 Å². The monoisotopic (exact) mass is 432 g/mol.